The van der Waals surface area contributed by atoms with Gasteiger partial charge in [-0.15, -0.1) is 0 Å². The lowest BCUT2D eigenvalue weighted by atomic mass is 10.4. The molecule has 0 aliphatic carbocycles. The van der Waals surface area contributed by atoms with Crippen LogP contribution in [0.1, 0.15) is 0 Å². The van der Waals surface area contributed by atoms with E-state index in [1.165, 1.54) is 0 Å². The minimum absolute atomic E-state index is 0.618. The highest BCUT2D eigenvalue weighted by Crippen LogP contribution is 2.15. The van der Waals surface area contributed by atoms with Gasteiger partial charge in [0.25, 0.3) is 5.92 Å². The lowest BCUT2D eigenvalue weighted by Crippen LogP contribution is -2.40. The van der Waals surface area contributed by atoms with E-state index in [2.05, 4.69) is 9.68 Å². The zero-order chi connectivity index (χ0) is 6.04. The monoisotopic (exact) mass is 125 g/mol. The summed E-state index contributed by atoms with van der Waals surface area (Å²) in [5, 5.41) is 0. The van der Waals surface area contributed by atoms with Crippen LogP contribution in [0.4, 0.5) is 8.78 Å². The van der Waals surface area contributed by atoms with Gasteiger partial charge in [0, 0.05) is 0 Å². The fourth-order valence-electron chi connectivity index (χ4n) is 0.353. The summed E-state index contributed by atoms with van der Waals surface area (Å²) in [7, 11) is 0. The quantitative estimate of drug-likeness (QED) is 0.497. The van der Waals surface area contributed by atoms with Gasteiger partial charge in [-0.1, -0.05) is 5.64 Å². The van der Waals surface area contributed by atoms with Crippen molar-refractivity contribution in [1.29, 1.82) is 0 Å². The molecule has 1 aliphatic heterocycles. The predicted octanol–water partition coefficient (Wildman–Crippen LogP) is 0.0881. The van der Waals surface area contributed by atoms with Crippen LogP contribution in [0.2, 0.25) is 0 Å². The van der Waals surface area contributed by atoms with Crippen molar-refractivity contribution in [1.82, 2.24) is 5.64 Å². The fraction of sp³-hybridized carbons (Fsp3) is 1.00. The maximum absolute atomic E-state index is 11.9. The van der Waals surface area contributed by atoms with Crippen LogP contribution in [0.15, 0.2) is 0 Å². The second-order valence-electron chi connectivity index (χ2n) is 1.52. The number of hydrogen-bond acceptors (Lipinski definition) is 3. The Kier molecular flexibility index (Phi) is 1.41. The molecule has 0 bridgehead atoms. The van der Waals surface area contributed by atoms with Gasteiger partial charge in [-0.3, -0.25) is 9.68 Å². The molecule has 0 spiro atoms. The molecule has 0 radical (unpaired) electrons. The summed E-state index contributed by atoms with van der Waals surface area (Å²) in [5.41, 5.74) is 1.86. The number of rotatable bonds is 0. The van der Waals surface area contributed by atoms with Crippen molar-refractivity contribution in [3.8, 4) is 0 Å². The maximum atomic E-state index is 11.9. The van der Waals surface area contributed by atoms with Crippen LogP contribution in [-0.2, 0) is 9.68 Å². The van der Waals surface area contributed by atoms with E-state index in [-0.39, 0.29) is 0 Å². The third-order valence-electron chi connectivity index (χ3n) is 0.685. The molecule has 1 fully saturated rings. The molecule has 1 saturated heterocycles. The molecular weight excluding hydrogens is 120 g/mol. The van der Waals surface area contributed by atoms with Gasteiger partial charge >= 0.3 is 0 Å². The van der Waals surface area contributed by atoms with Gasteiger partial charge in [-0.05, 0) is 0 Å². The van der Waals surface area contributed by atoms with Crippen LogP contribution in [-0.4, -0.2) is 19.1 Å². The van der Waals surface area contributed by atoms with Crippen molar-refractivity contribution in [3.05, 3.63) is 0 Å². The van der Waals surface area contributed by atoms with E-state index in [0.29, 0.717) is 0 Å². The molecule has 0 amide bonds. The van der Waals surface area contributed by atoms with Crippen LogP contribution >= 0.6 is 0 Å². The summed E-state index contributed by atoms with van der Waals surface area (Å²) >= 11 is 0. The summed E-state index contributed by atoms with van der Waals surface area (Å²) in [6.45, 7) is -1.24. The first-order valence-electron chi connectivity index (χ1n) is 2.07. The molecule has 5 heteroatoms. The molecule has 1 aliphatic rings. The van der Waals surface area contributed by atoms with Crippen molar-refractivity contribution in [2.45, 2.75) is 5.92 Å². The molecule has 0 unspecified atom stereocenters. The molecule has 48 valence electrons. The molecule has 0 atom stereocenters. The van der Waals surface area contributed by atoms with Crippen LogP contribution < -0.4 is 5.64 Å². The Morgan fingerprint density at radius 2 is 1.75 bits per heavy atom. The standard InChI is InChI=1S/C3H5F2NO2/c4-3(5)1-7-6-8-2-3/h6H,1-2H2. The molecule has 0 saturated carbocycles. The number of alkyl halides is 2. The van der Waals surface area contributed by atoms with Gasteiger partial charge in [0.2, 0.25) is 0 Å². The van der Waals surface area contributed by atoms with E-state index >= 15 is 0 Å². The molecule has 1 heterocycles. The Labute approximate surface area is 44.5 Å². The summed E-state index contributed by atoms with van der Waals surface area (Å²) in [5.74, 6) is -2.83. The van der Waals surface area contributed by atoms with Crippen LogP contribution in [0.5, 0.6) is 0 Å². The highest BCUT2D eigenvalue weighted by atomic mass is 19.3. The first-order valence-corrected chi connectivity index (χ1v) is 2.07. The van der Waals surface area contributed by atoms with Crippen molar-refractivity contribution >= 4 is 0 Å². The van der Waals surface area contributed by atoms with E-state index in [9.17, 15) is 8.78 Å². The van der Waals surface area contributed by atoms with Gasteiger partial charge in [-0.2, -0.15) is 0 Å². The van der Waals surface area contributed by atoms with E-state index in [4.69, 9.17) is 0 Å². The van der Waals surface area contributed by atoms with Crippen molar-refractivity contribution in [2.75, 3.05) is 13.2 Å². The highest BCUT2D eigenvalue weighted by molar-refractivity contribution is 4.63. The summed E-state index contributed by atoms with van der Waals surface area (Å²) in [4.78, 5) is 8.12. The van der Waals surface area contributed by atoms with Gasteiger partial charge in [0.05, 0.1) is 0 Å². The number of nitrogens with one attached hydrogen (secondary N) is 1. The normalized spacial score (nSPS) is 27.8. The van der Waals surface area contributed by atoms with Crippen LogP contribution in [0.3, 0.4) is 0 Å². The van der Waals surface area contributed by atoms with Gasteiger partial charge < -0.3 is 0 Å². The summed E-state index contributed by atoms with van der Waals surface area (Å²) in [6, 6.07) is 0. The average Bonchev–Trinajstić information content (AvgIpc) is 1.65. The zero-order valence-corrected chi connectivity index (χ0v) is 3.99. The van der Waals surface area contributed by atoms with Gasteiger partial charge in [0.15, 0.2) is 0 Å². The van der Waals surface area contributed by atoms with Crippen LogP contribution in [0.25, 0.3) is 0 Å². The number of hydrogen-bond donors (Lipinski definition) is 1. The Balaban J connectivity index is 2.33. The second kappa shape index (κ2) is 1.93. The molecule has 3 nitrogen and oxygen atoms in total. The third-order valence-corrected chi connectivity index (χ3v) is 0.685. The third kappa shape index (κ3) is 1.36. The van der Waals surface area contributed by atoms with E-state index < -0.39 is 19.1 Å². The Bertz CT molecular complexity index is 79.4. The van der Waals surface area contributed by atoms with E-state index in [0.717, 1.165) is 0 Å². The maximum Gasteiger partial charge on any atom is 0.297 e. The largest absolute Gasteiger partial charge is 0.297 e. The van der Waals surface area contributed by atoms with Gasteiger partial charge in [-0.25, -0.2) is 8.78 Å². The highest BCUT2D eigenvalue weighted by Gasteiger charge is 2.33. The first kappa shape index (κ1) is 5.87. The molecule has 1 rings (SSSR count). The molecule has 1 N–H and O–H groups in total. The summed E-state index contributed by atoms with van der Waals surface area (Å²) in [6.07, 6.45) is 0. The molecule has 0 aromatic rings. The smallest absolute Gasteiger partial charge is 0.270 e. The molecular formula is C3H5F2NO2. The molecule has 0 aromatic heterocycles. The zero-order valence-electron chi connectivity index (χ0n) is 3.99. The second-order valence-corrected chi connectivity index (χ2v) is 1.52. The number of halogens is 2. The lowest BCUT2D eigenvalue weighted by Gasteiger charge is -2.20. The SMILES string of the molecule is FC1(F)CONOC1. The van der Waals surface area contributed by atoms with Crippen molar-refractivity contribution in [2.24, 2.45) is 0 Å². The van der Waals surface area contributed by atoms with E-state index in [1.54, 1.807) is 0 Å². The van der Waals surface area contributed by atoms with E-state index in [1.807, 2.05) is 5.64 Å². The average molecular weight is 125 g/mol. The Hall–Kier alpha value is -0.260. The summed E-state index contributed by atoms with van der Waals surface area (Å²) < 4.78 is 23.8. The van der Waals surface area contributed by atoms with Crippen molar-refractivity contribution in [3.63, 3.8) is 0 Å². The molecule has 0 aromatic carbocycles. The minimum Gasteiger partial charge on any atom is -0.270 e. The lowest BCUT2D eigenvalue weighted by molar-refractivity contribution is -0.288. The minimum atomic E-state index is -2.83. The topological polar surface area (TPSA) is 30.5 Å². The Morgan fingerprint density at radius 1 is 1.25 bits per heavy atom. The fourth-order valence-corrected chi connectivity index (χ4v) is 0.353. The van der Waals surface area contributed by atoms with Crippen molar-refractivity contribution < 1.29 is 18.5 Å². The van der Waals surface area contributed by atoms with Gasteiger partial charge in [0.1, 0.15) is 13.2 Å². The van der Waals surface area contributed by atoms with Crippen LogP contribution in [0, 0.1) is 0 Å². The molecule has 8 heavy (non-hydrogen) atoms. The Morgan fingerprint density at radius 3 is 2.00 bits per heavy atom. The first-order chi connectivity index (χ1) is 3.71. The predicted molar refractivity (Wildman–Crippen MR) is 20.0 cm³/mol.